The Morgan fingerprint density at radius 2 is 1.97 bits per heavy atom. The number of hydrogen-bond donors (Lipinski definition) is 0. The van der Waals surface area contributed by atoms with Crippen LogP contribution in [0.25, 0.3) is 10.2 Å². The summed E-state index contributed by atoms with van der Waals surface area (Å²) in [6.07, 6.45) is 4.82. The summed E-state index contributed by atoms with van der Waals surface area (Å²) in [6.45, 7) is 4.18. The Bertz CT molecular complexity index is 1260. The van der Waals surface area contributed by atoms with Crippen molar-refractivity contribution < 1.29 is 14.3 Å². The molecule has 0 saturated heterocycles. The number of fused-ring (bicyclic) bond motifs is 1. The molecule has 0 bridgehead atoms. The van der Waals surface area contributed by atoms with Crippen molar-refractivity contribution in [1.82, 2.24) is 24.8 Å². The molecule has 4 heterocycles. The van der Waals surface area contributed by atoms with Gasteiger partial charge in [-0.15, -0.1) is 11.3 Å². The predicted octanol–water partition coefficient (Wildman–Crippen LogP) is 4.17. The molecule has 0 saturated carbocycles. The normalized spacial score (nSPS) is 10.8. The number of ether oxygens (including phenoxy) is 2. The first-order chi connectivity index (χ1) is 15.0. The monoisotopic (exact) mass is 435 g/mol. The van der Waals surface area contributed by atoms with Gasteiger partial charge in [-0.25, -0.2) is 15.0 Å². The highest BCUT2D eigenvalue weighted by molar-refractivity contribution is 7.20. The summed E-state index contributed by atoms with van der Waals surface area (Å²) in [5.41, 5.74) is 2.48. The van der Waals surface area contributed by atoms with Crippen LogP contribution in [0.3, 0.4) is 0 Å². The number of aryl methyl sites for hydroxylation is 2. The SMILES string of the molecule is COc1cc(CN(C)C(=O)c2sc3ncnc(Oc4cccnc4C)c3c2C)ccn1. The number of methoxy groups -OCH3 is 1. The third kappa shape index (κ3) is 4.17. The maximum atomic E-state index is 13.2. The molecule has 0 spiro atoms. The summed E-state index contributed by atoms with van der Waals surface area (Å²) in [6, 6.07) is 7.31. The second kappa shape index (κ2) is 8.65. The van der Waals surface area contributed by atoms with E-state index in [1.165, 1.54) is 17.7 Å². The zero-order valence-corrected chi connectivity index (χ0v) is 18.4. The van der Waals surface area contributed by atoms with Crippen LogP contribution in [0.2, 0.25) is 0 Å². The lowest BCUT2D eigenvalue weighted by Crippen LogP contribution is -2.26. The molecule has 0 unspecified atom stereocenters. The number of carbonyl (C=O) groups is 1. The summed E-state index contributed by atoms with van der Waals surface area (Å²) >= 11 is 1.33. The lowest BCUT2D eigenvalue weighted by molar-refractivity contribution is 0.0789. The van der Waals surface area contributed by atoms with Gasteiger partial charge in [-0.05, 0) is 43.2 Å². The summed E-state index contributed by atoms with van der Waals surface area (Å²) in [7, 11) is 3.33. The van der Waals surface area contributed by atoms with Gasteiger partial charge in [0, 0.05) is 32.1 Å². The van der Waals surface area contributed by atoms with Gasteiger partial charge in [-0.1, -0.05) is 0 Å². The lowest BCUT2D eigenvalue weighted by atomic mass is 10.2. The van der Waals surface area contributed by atoms with Gasteiger partial charge in [0.2, 0.25) is 11.8 Å². The van der Waals surface area contributed by atoms with E-state index >= 15 is 0 Å². The molecular weight excluding hydrogens is 414 g/mol. The number of carbonyl (C=O) groups excluding carboxylic acids is 1. The van der Waals surface area contributed by atoms with Crippen molar-refractivity contribution in [1.29, 1.82) is 0 Å². The fourth-order valence-electron chi connectivity index (χ4n) is 3.18. The molecule has 0 aliphatic carbocycles. The molecular formula is C22H21N5O3S. The minimum absolute atomic E-state index is 0.0974. The number of thiophene rings is 1. The first kappa shape index (κ1) is 20.7. The fourth-order valence-corrected chi connectivity index (χ4v) is 4.32. The van der Waals surface area contributed by atoms with Crippen molar-refractivity contribution in [3.05, 3.63) is 64.7 Å². The number of amides is 1. The summed E-state index contributed by atoms with van der Waals surface area (Å²) in [5, 5.41) is 0.734. The van der Waals surface area contributed by atoms with Crippen LogP contribution in [0.1, 0.15) is 26.5 Å². The highest BCUT2D eigenvalue weighted by Crippen LogP contribution is 2.37. The number of hydrogen-bond acceptors (Lipinski definition) is 8. The first-order valence-electron chi connectivity index (χ1n) is 9.56. The number of pyridine rings is 2. The minimum atomic E-state index is -0.0974. The second-order valence-corrected chi connectivity index (χ2v) is 7.97. The highest BCUT2D eigenvalue weighted by Gasteiger charge is 2.23. The van der Waals surface area contributed by atoms with E-state index < -0.39 is 0 Å². The molecule has 158 valence electrons. The maximum Gasteiger partial charge on any atom is 0.264 e. The van der Waals surface area contributed by atoms with Crippen molar-refractivity contribution in [2.24, 2.45) is 0 Å². The lowest BCUT2D eigenvalue weighted by Gasteiger charge is -2.17. The zero-order chi connectivity index (χ0) is 22.0. The van der Waals surface area contributed by atoms with Crippen molar-refractivity contribution in [2.45, 2.75) is 20.4 Å². The summed E-state index contributed by atoms with van der Waals surface area (Å²) < 4.78 is 11.2. The van der Waals surface area contributed by atoms with E-state index in [1.807, 2.05) is 32.0 Å². The van der Waals surface area contributed by atoms with Gasteiger partial charge in [0.25, 0.3) is 5.91 Å². The molecule has 0 aliphatic heterocycles. The zero-order valence-electron chi connectivity index (χ0n) is 17.6. The maximum absolute atomic E-state index is 13.2. The Hall–Kier alpha value is -3.59. The molecule has 31 heavy (non-hydrogen) atoms. The van der Waals surface area contributed by atoms with Crippen molar-refractivity contribution in [3.63, 3.8) is 0 Å². The van der Waals surface area contributed by atoms with Crippen LogP contribution in [0.4, 0.5) is 0 Å². The van der Waals surface area contributed by atoms with Crippen LogP contribution < -0.4 is 9.47 Å². The molecule has 1 amide bonds. The molecule has 4 aromatic heterocycles. The van der Waals surface area contributed by atoms with E-state index in [4.69, 9.17) is 9.47 Å². The van der Waals surface area contributed by atoms with Crippen LogP contribution in [-0.2, 0) is 6.54 Å². The van der Waals surface area contributed by atoms with Gasteiger partial charge in [0.15, 0.2) is 5.75 Å². The summed E-state index contributed by atoms with van der Waals surface area (Å²) in [4.78, 5) is 33.2. The fraction of sp³-hybridized carbons (Fsp3) is 0.227. The van der Waals surface area contributed by atoms with Gasteiger partial charge < -0.3 is 14.4 Å². The van der Waals surface area contributed by atoms with Gasteiger partial charge in [0.1, 0.15) is 11.2 Å². The van der Waals surface area contributed by atoms with Gasteiger partial charge in [-0.3, -0.25) is 9.78 Å². The number of aromatic nitrogens is 4. The average molecular weight is 436 g/mol. The van der Waals surface area contributed by atoms with E-state index in [2.05, 4.69) is 19.9 Å². The molecule has 9 heteroatoms. The Labute approximate surface area is 183 Å². The third-order valence-electron chi connectivity index (χ3n) is 4.83. The average Bonchev–Trinajstić information content (AvgIpc) is 3.12. The molecule has 4 aromatic rings. The Balaban J connectivity index is 1.64. The highest BCUT2D eigenvalue weighted by atomic mass is 32.1. The van der Waals surface area contributed by atoms with E-state index in [0.717, 1.165) is 22.2 Å². The van der Waals surface area contributed by atoms with Crippen molar-refractivity contribution in [3.8, 4) is 17.5 Å². The molecule has 0 N–H and O–H groups in total. The molecule has 0 radical (unpaired) electrons. The molecule has 0 aliphatic rings. The number of rotatable bonds is 6. The van der Waals surface area contributed by atoms with Gasteiger partial charge >= 0.3 is 0 Å². The van der Waals surface area contributed by atoms with Crippen LogP contribution in [0, 0.1) is 13.8 Å². The quantitative estimate of drug-likeness (QED) is 0.449. The van der Waals surface area contributed by atoms with Gasteiger partial charge in [0.05, 0.1) is 23.1 Å². The van der Waals surface area contributed by atoms with Crippen LogP contribution >= 0.6 is 11.3 Å². The van der Waals surface area contributed by atoms with Crippen molar-refractivity contribution in [2.75, 3.05) is 14.2 Å². The Morgan fingerprint density at radius 3 is 2.74 bits per heavy atom. The Morgan fingerprint density at radius 1 is 1.13 bits per heavy atom. The van der Waals surface area contributed by atoms with E-state index in [1.54, 1.807) is 37.5 Å². The predicted molar refractivity (Wildman–Crippen MR) is 118 cm³/mol. The smallest absolute Gasteiger partial charge is 0.264 e. The largest absolute Gasteiger partial charge is 0.481 e. The van der Waals surface area contributed by atoms with Gasteiger partial charge in [-0.2, -0.15) is 0 Å². The molecule has 0 fully saturated rings. The first-order valence-corrected chi connectivity index (χ1v) is 10.4. The number of nitrogens with zero attached hydrogens (tertiary/aromatic N) is 5. The second-order valence-electron chi connectivity index (χ2n) is 6.97. The van der Waals surface area contributed by atoms with Crippen LogP contribution in [0.15, 0.2) is 43.0 Å². The molecule has 4 rings (SSSR count). The Kier molecular flexibility index (Phi) is 5.77. The van der Waals surface area contributed by atoms with Crippen molar-refractivity contribution >= 4 is 27.5 Å². The molecule has 0 atom stereocenters. The van der Waals surface area contributed by atoms with E-state index in [0.29, 0.717) is 33.8 Å². The van der Waals surface area contributed by atoms with E-state index in [9.17, 15) is 4.79 Å². The van der Waals surface area contributed by atoms with Crippen LogP contribution in [-0.4, -0.2) is 44.9 Å². The van der Waals surface area contributed by atoms with Crippen LogP contribution in [0.5, 0.6) is 17.5 Å². The third-order valence-corrected chi connectivity index (χ3v) is 6.01. The molecule has 0 aromatic carbocycles. The molecule has 8 nitrogen and oxygen atoms in total. The summed E-state index contributed by atoms with van der Waals surface area (Å²) in [5.74, 6) is 1.44. The topological polar surface area (TPSA) is 90.3 Å². The minimum Gasteiger partial charge on any atom is -0.481 e. The van der Waals surface area contributed by atoms with E-state index in [-0.39, 0.29) is 5.91 Å². The standard InChI is InChI=1S/C22H21N5O3S/c1-13-18-20(30-16-6-5-8-23-14(16)2)25-12-26-21(18)31-19(13)22(28)27(3)11-15-7-9-24-17(10-15)29-4/h5-10,12H,11H2,1-4H3.